The van der Waals surface area contributed by atoms with Crippen molar-refractivity contribution < 1.29 is 4.79 Å². The van der Waals surface area contributed by atoms with Crippen molar-refractivity contribution in [1.82, 2.24) is 4.57 Å². The van der Waals surface area contributed by atoms with E-state index in [0.29, 0.717) is 15.1 Å². The van der Waals surface area contributed by atoms with Crippen LogP contribution in [0.3, 0.4) is 0 Å². The second-order valence-electron chi connectivity index (χ2n) is 4.15. The summed E-state index contributed by atoms with van der Waals surface area (Å²) in [6, 6.07) is 6.43. The first-order valence-electron chi connectivity index (χ1n) is 5.57. The number of rotatable bonds is 3. The summed E-state index contributed by atoms with van der Waals surface area (Å²) >= 11 is 17.9. The van der Waals surface area contributed by atoms with Crippen LogP contribution in [-0.2, 0) is 6.54 Å². The number of carbonyl (C=O) groups is 1. The molecule has 0 radical (unpaired) electrons. The van der Waals surface area contributed by atoms with Crippen molar-refractivity contribution in [2.75, 3.05) is 0 Å². The molecular weight excluding hydrogens is 321 g/mol. The molecule has 0 bridgehead atoms. The average Bonchev–Trinajstić information content (AvgIpc) is 2.36. The number of hydrogen-bond donors (Lipinski definition) is 2. The third-order valence-corrected chi connectivity index (χ3v) is 3.52. The Bertz CT molecular complexity index is 740. The van der Waals surface area contributed by atoms with E-state index in [9.17, 15) is 4.79 Å². The van der Waals surface area contributed by atoms with Crippen molar-refractivity contribution >= 4 is 40.7 Å². The zero-order valence-electron chi connectivity index (χ0n) is 10.2. The second kappa shape index (κ2) is 5.87. The number of halogens is 3. The van der Waals surface area contributed by atoms with Crippen molar-refractivity contribution in [3.63, 3.8) is 0 Å². The van der Waals surface area contributed by atoms with E-state index in [1.165, 1.54) is 10.6 Å². The number of primary amides is 1. The van der Waals surface area contributed by atoms with Gasteiger partial charge in [-0.25, -0.2) is 0 Å². The molecule has 104 valence electrons. The van der Waals surface area contributed by atoms with Gasteiger partial charge >= 0.3 is 0 Å². The quantitative estimate of drug-likeness (QED) is 0.892. The van der Waals surface area contributed by atoms with Crippen molar-refractivity contribution in [3.05, 3.63) is 62.1 Å². The number of hydrogen-bond acceptors (Lipinski definition) is 2. The predicted octanol–water partition coefficient (Wildman–Crippen LogP) is 3.07. The Labute approximate surface area is 130 Å². The molecule has 2 rings (SSSR count). The molecule has 2 aromatic rings. The Morgan fingerprint density at radius 1 is 1.20 bits per heavy atom. The number of nitrogens with zero attached hydrogens (tertiary/aromatic N) is 1. The average molecular weight is 331 g/mol. The number of pyridine rings is 1. The molecular formula is C13H10Cl3N3O. The van der Waals surface area contributed by atoms with Crippen LogP contribution in [0, 0.1) is 5.41 Å². The van der Waals surface area contributed by atoms with Crippen LogP contribution in [-0.4, -0.2) is 10.5 Å². The van der Waals surface area contributed by atoms with Gasteiger partial charge in [0.15, 0.2) is 0 Å². The summed E-state index contributed by atoms with van der Waals surface area (Å²) in [6.45, 7) is 0.287. The van der Waals surface area contributed by atoms with Crippen LogP contribution < -0.4 is 11.2 Å². The highest BCUT2D eigenvalue weighted by atomic mass is 35.5. The van der Waals surface area contributed by atoms with Crippen LogP contribution in [0.1, 0.15) is 15.9 Å². The highest BCUT2D eigenvalue weighted by molar-refractivity contribution is 6.35. The molecule has 0 saturated carbocycles. The van der Waals surface area contributed by atoms with Gasteiger partial charge in [0.2, 0.25) is 0 Å². The Morgan fingerprint density at radius 3 is 2.50 bits per heavy atom. The van der Waals surface area contributed by atoms with E-state index < -0.39 is 5.91 Å². The topological polar surface area (TPSA) is 71.9 Å². The summed E-state index contributed by atoms with van der Waals surface area (Å²) in [6.07, 6.45) is 1.54. The molecule has 1 aromatic carbocycles. The van der Waals surface area contributed by atoms with Crippen molar-refractivity contribution in [2.45, 2.75) is 6.54 Å². The summed E-state index contributed by atoms with van der Waals surface area (Å²) in [4.78, 5) is 11.3. The minimum atomic E-state index is -0.701. The van der Waals surface area contributed by atoms with Crippen molar-refractivity contribution in [2.24, 2.45) is 5.73 Å². The first kappa shape index (κ1) is 14.9. The van der Waals surface area contributed by atoms with E-state index in [4.69, 9.17) is 45.9 Å². The van der Waals surface area contributed by atoms with Gasteiger partial charge < -0.3 is 10.3 Å². The van der Waals surface area contributed by atoms with Gasteiger partial charge in [0, 0.05) is 16.2 Å². The van der Waals surface area contributed by atoms with E-state index in [0.717, 1.165) is 5.56 Å². The summed E-state index contributed by atoms with van der Waals surface area (Å²) < 4.78 is 1.50. The third kappa shape index (κ3) is 3.15. The molecule has 1 aromatic heterocycles. The molecule has 7 heteroatoms. The summed E-state index contributed by atoms with van der Waals surface area (Å²) in [5, 5.41) is 9.29. The molecule has 0 unspecified atom stereocenters. The number of carbonyl (C=O) groups excluding carboxylic acids is 1. The highest BCUT2D eigenvalue weighted by Crippen LogP contribution is 2.21. The summed E-state index contributed by atoms with van der Waals surface area (Å²) in [5.74, 6) is -0.701. The van der Waals surface area contributed by atoms with E-state index in [1.54, 1.807) is 24.4 Å². The predicted molar refractivity (Wildman–Crippen MR) is 79.4 cm³/mol. The Hall–Kier alpha value is -1.49. The minimum Gasteiger partial charge on any atom is -0.365 e. The van der Waals surface area contributed by atoms with E-state index in [2.05, 4.69) is 0 Å². The maximum absolute atomic E-state index is 11.3. The van der Waals surface area contributed by atoms with Gasteiger partial charge in [-0.3, -0.25) is 10.2 Å². The molecule has 4 nitrogen and oxygen atoms in total. The maximum atomic E-state index is 11.3. The molecule has 20 heavy (non-hydrogen) atoms. The highest BCUT2D eigenvalue weighted by Gasteiger charge is 2.10. The van der Waals surface area contributed by atoms with E-state index >= 15 is 0 Å². The van der Waals surface area contributed by atoms with Crippen LogP contribution in [0.2, 0.25) is 15.1 Å². The number of aromatic nitrogens is 1. The number of nitrogens with one attached hydrogen (secondary N) is 1. The van der Waals surface area contributed by atoms with Crippen LogP contribution in [0.15, 0.2) is 30.5 Å². The molecule has 0 aliphatic rings. The minimum absolute atomic E-state index is 0.0204. The zero-order chi connectivity index (χ0) is 14.9. The Balaban J connectivity index is 2.48. The molecule has 1 heterocycles. The first-order chi connectivity index (χ1) is 9.38. The lowest BCUT2D eigenvalue weighted by molar-refractivity contribution is 0.0998. The lowest BCUT2D eigenvalue weighted by atomic mass is 10.2. The van der Waals surface area contributed by atoms with Gasteiger partial charge in [0.1, 0.15) is 5.49 Å². The lowest BCUT2D eigenvalue weighted by Gasteiger charge is -2.11. The van der Waals surface area contributed by atoms with Crippen LogP contribution in [0.25, 0.3) is 0 Å². The van der Waals surface area contributed by atoms with E-state index in [1.807, 2.05) is 0 Å². The SMILES string of the molecule is N=c1c(C(N)=O)cc(Cl)cn1Cc1ccc(Cl)cc1Cl. The largest absolute Gasteiger partial charge is 0.365 e. The molecule has 3 N–H and O–H groups in total. The van der Waals surface area contributed by atoms with Gasteiger partial charge in [-0.05, 0) is 23.8 Å². The molecule has 0 spiro atoms. The molecule has 0 atom stereocenters. The van der Waals surface area contributed by atoms with Gasteiger partial charge in [-0.15, -0.1) is 0 Å². The van der Waals surface area contributed by atoms with Crippen LogP contribution >= 0.6 is 34.8 Å². The fourth-order valence-corrected chi connectivity index (χ4v) is 2.45. The molecule has 0 aliphatic carbocycles. The number of benzene rings is 1. The van der Waals surface area contributed by atoms with Gasteiger partial charge in [0.05, 0.1) is 17.1 Å². The zero-order valence-corrected chi connectivity index (χ0v) is 12.4. The van der Waals surface area contributed by atoms with E-state index in [-0.39, 0.29) is 17.6 Å². The standard InChI is InChI=1S/C13H10Cl3N3O/c14-8-2-1-7(11(16)4-8)5-19-6-9(15)3-10(12(19)17)13(18)20/h1-4,6,17H,5H2,(H2,18,20). The normalized spacial score (nSPS) is 10.6. The smallest absolute Gasteiger partial charge is 0.252 e. The Kier molecular flexibility index (Phi) is 4.38. The lowest BCUT2D eigenvalue weighted by Crippen LogP contribution is -2.29. The van der Waals surface area contributed by atoms with Gasteiger partial charge in [-0.2, -0.15) is 0 Å². The molecule has 0 fully saturated rings. The van der Waals surface area contributed by atoms with Crippen molar-refractivity contribution in [3.8, 4) is 0 Å². The monoisotopic (exact) mass is 329 g/mol. The summed E-state index contributed by atoms with van der Waals surface area (Å²) in [5.41, 5.74) is 6.02. The second-order valence-corrected chi connectivity index (χ2v) is 5.43. The number of nitrogens with two attached hydrogens (primary N) is 1. The van der Waals surface area contributed by atoms with Crippen molar-refractivity contribution in [1.29, 1.82) is 5.41 Å². The van der Waals surface area contributed by atoms with Gasteiger partial charge in [-0.1, -0.05) is 40.9 Å². The summed E-state index contributed by atoms with van der Waals surface area (Å²) in [7, 11) is 0. The molecule has 0 saturated heterocycles. The Morgan fingerprint density at radius 2 is 1.90 bits per heavy atom. The van der Waals surface area contributed by atoms with Crippen LogP contribution in [0.4, 0.5) is 0 Å². The molecule has 1 amide bonds. The number of amides is 1. The maximum Gasteiger partial charge on any atom is 0.252 e. The fourth-order valence-electron chi connectivity index (χ4n) is 1.76. The fraction of sp³-hybridized carbons (Fsp3) is 0.0769. The molecule has 0 aliphatic heterocycles. The van der Waals surface area contributed by atoms with Crippen LogP contribution in [0.5, 0.6) is 0 Å². The first-order valence-corrected chi connectivity index (χ1v) is 6.70. The third-order valence-electron chi connectivity index (χ3n) is 2.72. The van der Waals surface area contributed by atoms with Gasteiger partial charge in [0.25, 0.3) is 5.91 Å².